The van der Waals surface area contributed by atoms with E-state index in [9.17, 15) is 0 Å². The van der Waals surface area contributed by atoms with Crippen LogP contribution in [0.1, 0.15) is 19.8 Å². The summed E-state index contributed by atoms with van der Waals surface area (Å²) < 4.78 is 14.8. The van der Waals surface area contributed by atoms with Gasteiger partial charge in [-0.25, -0.2) is 0 Å². The number of rotatable bonds is 2. The molecule has 0 aliphatic carbocycles. The average Bonchev–Trinajstić information content (AvgIpc) is 2.10. The zero-order valence-corrected chi connectivity index (χ0v) is 11.7. The van der Waals surface area contributed by atoms with Gasteiger partial charge in [-0.05, 0) is 0 Å². The van der Waals surface area contributed by atoms with E-state index in [-0.39, 0.29) is 0 Å². The molecule has 1 saturated heterocycles. The van der Waals surface area contributed by atoms with Crippen LogP contribution in [0, 0.1) is 0 Å². The van der Waals surface area contributed by atoms with E-state index in [1.54, 1.807) is 0 Å². The SMILES string of the molecule is O1[SiH2]O[SiH2]O[SiH2]1.[Li][CH2]CCC. The summed E-state index contributed by atoms with van der Waals surface area (Å²) in [4.78, 5) is 0. The molecule has 0 aromatic carbocycles. The summed E-state index contributed by atoms with van der Waals surface area (Å²) in [6.45, 7) is 2.21. The van der Waals surface area contributed by atoms with Gasteiger partial charge in [0, 0.05) is 0 Å². The van der Waals surface area contributed by atoms with Gasteiger partial charge in [-0.1, -0.05) is 0 Å². The van der Waals surface area contributed by atoms with Crippen molar-refractivity contribution in [2.75, 3.05) is 0 Å². The minimum absolute atomic E-state index is 0.493. The van der Waals surface area contributed by atoms with Crippen LogP contribution in [0.25, 0.3) is 0 Å². The van der Waals surface area contributed by atoms with Crippen LogP contribution in [-0.2, 0) is 12.3 Å². The second kappa shape index (κ2) is 11.1. The Bertz CT molecular complexity index is 60.1. The van der Waals surface area contributed by atoms with Crippen molar-refractivity contribution >= 4 is 47.7 Å². The minimum atomic E-state index is -0.493. The molecule has 0 unspecified atom stereocenters. The van der Waals surface area contributed by atoms with Gasteiger partial charge in [0.1, 0.15) is 0 Å². The van der Waals surface area contributed by atoms with Gasteiger partial charge in [0.15, 0.2) is 0 Å². The average molecular weight is 202 g/mol. The van der Waals surface area contributed by atoms with Crippen molar-refractivity contribution in [2.24, 2.45) is 0 Å². The van der Waals surface area contributed by atoms with E-state index in [1.807, 2.05) is 0 Å². The molecule has 11 heavy (non-hydrogen) atoms. The molecule has 7 heteroatoms. The summed E-state index contributed by atoms with van der Waals surface area (Å²) in [5.41, 5.74) is 0. The van der Waals surface area contributed by atoms with Gasteiger partial charge in [-0.15, -0.1) is 0 Å². The van der Waals surface area contributed by atoms with E-state index >= 15 is 0 Å². The molecule has 0 saturated carbocycles. The molecule has 0 atom stereocenters. The van der Waals surface area contributed by atoms with E-state index in [1.165, 1.54) is 17.9 Å². The van der Waals surface area contributed by atoms with Crippen molar-refractivity contribution in [2.45, 2.75) is 24.9 Å². The van der Waals surface area contributed by atoms with E-state index in [2.05, 4.69) is 24.6 Å². The van der Waals surface area contributed by atoms with Crippen molar-refractivity contribution in [3.8, 4) is 0 Å². The fraction of sp³-hybridized carbons (Fsp3) is 1.00. The second-order valence-corrected chi connectivity index (χ2v) is 7.93. The van der Waals surface area contributed by atoms with Gasteiger partial charge in [0.25, 0.3) is 30.0 Å². The molecular formula is C4H15LiO3Si3. The van der Waals surface area contributed by atoms with Crippen LogP contribution >= 0.6 is 0 Å². The molecule has 62 valence electrons. The van der Waals surface area contributed by atoms with Crippen molar-refractivity contribution < 1.29 is 12.3 Å². The first-order chi connectivity index (χ1) is 5.41. The summed E-state index contributed by atoms with van der Waals surface area (Å²) in [6.07, 6.45) is 2.73. The summed E-state index contributed by atoms with van der Waals surface area (Å²) in [5, 5.41) is 1.34. The third kappa shape index (κ3) is 11.1. The van der Waals surface area contributed by atoms with E-state index in [0.29, 0.717) is 0 Å². The molecule has 0 bridgehead atoms. The van der Waals surface area contributed by atoms with Crippen LogP contribution < -0.4 is 0 Å². The van der Waals surface area contributed by atoms with Crippen LogP contribution in [0.15, 0.2) is 0 Å². The van der Waals surface area contributed by atoms with E-state index < -0.39 is 30.0 Å². The molecule has 1 fully saturated rings. The Morgan fingerprint density at radius 1 is 1.09 bits per heavy atom. The van der Waals surface area contributed by atoms with Gasteiger partial charge in [-0.2, -0.15) is 0 Å². The Hall–Kier alpha value is 1.13. The molecule has 0 N–H and O–H groups in total. The van der Waals surface area contributed by atoms with E-state index in [0.717, 1.165) is 0 Å². The zero-order valence-electron chi connectivity index (χ0n) is 7.47. The van der Waals surface area contributed by atoms with Crippen molar-refractivity contribution in [3.05, 3.63) is 0 Å². The Morgan fingerprint density at radius 2 is 1.55 bits per heavy atom. The molecule has 3 nitrogen and oxygen atoms in total. The van der Waals surface area contributed by atoms with Gasteiger partial charge in [0.05, 0.1) is 0 Å². The van der Waals surface area contributed by atoms with Crippen LogP contribution in [0.2, 0.25) is 5.09 Å². The van der Waals surface area contributed by atoms with E-state index in [4.69, 9.17) is 12.3 Å². The first-order valence-corrected chi connectivity index (χ1v) is 7.61. The molecular weight excluding hydrogens is 187 g/mol. The normalized spacial score (nSPS) is 23.5. The third-order valence-electron chi connectivity index (χ3n) is 1.21. The van der Waals surface area contributed by atoms with Gasteiger partial charge in [-0.3, -0.25) is 0 Å². The fourth-order valence-corrected chi connectivity index (χ4v) is 6.05. The monoisotopic (exact) mass is 202 g/mol. The molecule has 0 spiro atoms. The Kier molecular flexibility index (Phi) is 12.3. The molecule has 1 rings (SSSR count). The predicted molar refractivity (Wildman–Crippen MR) is 54.4 cm³/mol. The quantitative estimate of drug-likeness (QED) is 0.506. The van der Waals surface area contributed by atoms with Crippen LogP contribution in [0.3, 0.4) is 0 Å². The van der Waals surface area contributed by atoms with Gasteiger partial charge in [0.2, 0.25) is 0 Å². The van der Waals surface area contributed by atoms with Crippen LogP contribution in [-0.4, -0.2) is 47.7 Å². The maximum atomic E-state index is 4.94. The molecule has 0 radical (unpaired) electrons. The molecule has 0 aromatic rings. The molecule has 1 heterocycles. The predicted octanol–water partition coefficient (Wildman–Crippen LogP) is -1.58. The standard InChI is InChI=1S/C4H9.Li.H6O3Si3/c1-3-4-2;;1-4-2-6-3-5-1/h1,3-4H2,2H3;;4-6H2. The fourth-order valence-electron chi connectivity index (χ4n) is 0.632. The Morgan fingerprint density at radius 3 is 1.64 bits per heavy atom. The number of unbranched alkanes of at least 4 members (excludes halogenated alkanes) is 1. The molecule has 0 amide bonds. The first-order valence-electron chi connectivity index (χ1n) is 4.15. The topological polar surface area (TPSA) is 27.7 Å². The van der Waals surface area contributed by atoms with Crippen molar-refractivity contribution in [3.63, 3.8) is 0 Å². The summed E-state index contributed by atoms with van der Waals surface area (Å²) >= 11 is 2.21. The van der Waals surface area contributed by atoms with Crippen LogP contribution in [0.5, 0.6) is 0 Å². The summed E-state index contributed by atoms with van der Waals surface area (Å²) in [7, 11) is -1.48. The molecule has 0 aromatic heterocycles. The number of hydrogen-bond acceptors (Lipinski definition) is 3. The van der Waals surface area contributed by atoms with Gasteiger partial charge < -0.3 is 12.3 Å². The number of hydrogen-bond donors (Lipinski definition) is 0. The molecule has 1 aliphatic heterocycles. The third-order valence-corrected chi connectivity index (χ3v) is 5.21. The van der Waals surface area contributed by atoms with Crippen LogP contribution in [0.4, 0.5) is 0 Å². The second-order valence-electron chi connectivity index (χ2n) is 2.32. The molecule has 1 aliphatic rings. The summed E-state index contributed by atoms with van der Waals surface area (Å²) in [6, 6.07) is 0. The van der Waals surface area contributed by atoms with Gasteiger partial charge >= 0.3 is 42.6 Å². The first kappa shape index (κ1) is 12.1. The zero-order chi connectivity index (χ0) is 8.36. The Balaban J connectivity index is 0.000000187. The van der Waals surface area contributed by atoms with Crippen molar-refractivity contribution in [1.29, 1.82) is 0 Å². The Labute approximate surface area is 85.0 Å². The summed E-state index contributed by atoms with van der Waals surface area (Å²) in [5.74, 6) is 0. The maximum absolute atomic E-state index is 4.94. The van der Waals surface area contributed by atoms with Crippen molar-refractivity contribution in [1.82, 2.24) is 0 Å².